The Morgan fingerprint density at radius 2 is 1.78 bits per heavy atom. The van der Waals surface area contributed by atoms with E-state index < -0.39 is 48.7 Å². The van der Waals surface area contributed by atoms with E-state index in [1.807, 2.05) is 6.07 Å². The fourth-order valence-corrected chi connectivity index (χ4v) is 5.70. The minimum absolute atomic E-state index is 0.000520. The predicted molar refractivity (Wildman–Crippen MR) is 136 cm³/mol. The molecule has 204 valence electrons. The van der Waals surface area contributed by atoms with Crippen molar-refractivity contribution in [2.45, 2.75) is 99.9 Å². The van der Waals surface area contributed by atoms with Crippen LogP contribution in [0.25, 0.3) is 0 Å². The number of Topliss-reactive ketones (excluding diaryl/α,β-unsaturated/α-hetero) is 1. The highest BCUT2D eigenvalue weighted by atomic mass is 79.9. The van der Waals surface area contributed by atoms with E-state index in [-0.39, 0.29) is 37.4 Å². The number of carbonyl (C=O) groups is 2. The van der Waals surface area contributed by atoms with Gasteiger partial charge in [0.25, 0.3) is 0 Å². The summed E-state index contributed by atoms with van der Waals surface area (Å²) in [6.45, 7) is 3.82. The lowest BCUT2D eigenvalue weighted by atomic mass is 9.88. The molecule has 1 aromatic carbocycles. The van der Waals surface area contributed by atoms with Crippen LogP contribution in [0.15, 0.2) is 41.4 Å². The molecule has 0 radical (unpaired) electrons. The van der Waals surface area contributed by atoms with Crippen LogP contribution in [0.2, 0.25) is 0 Å². The van der Waals surface area contributed by atoms with E-state index in [2.05, 4.69) is 22.5 Å². The van der Waals surface area contributed by atoms with Crippen LogP contribution < -0.4 is 0 Å². The van der Waals surface area contributed by atoms with Crippen molar-refractivity contribution in [2.75, 3.05) is 6.61 Å². The zero-order valence-corrected chi connectivity index (χ0v) is 22.2. The molecule has 3 heterocycles. The van der Waals surface area contributed by atoms with Crippen LogP contribution in [0.5, 0.6) is 0 Å². The highest BCUT2D eigenvalue weighted by molar-refractivity contribution is 9.11. The molecule has 1 unspecified atom stereocenters. The normalized spacial score (nSPS) is 33.7. The van der Waals surface area contributed by atoms with Gasteiger partial charge in [0, 0.05) is 25.9 Å². The van der Waals surface area contributed by atoms with Gasteiger partial charge < -0.3 is 34.3 Å². The molecule has 3 saturated heterocycles. The first-order valence-electron chi connectivity index (χ1n) is 12.8. The van der Waals surface area contributed by atoms with Crippen molar-refractivity contribution in [2.24, 2.45) is 0 Å². The molecule has 3 aliphatic rings. The van der Waals surface area contributed by atoms with Gasteiger partial charge in [-0.1, -0.05) is 40.7 Å². The number of esters is 1. The van der Waals surface area contributed by atoms with Crippen LogP contribution in [0.4, 0.5) is 0 Å². The number of ketones is 1. The molecule has 9 nitrogen and oxygen atoms in total. The van der Waals surface area contributed by atoms with Crippen LogP contribution in [0.1, 0.15) is 55.3 Å². The van der Waals surface area contributed by atoms with Gasteiger partial charge in [0.15, 0.2) is 0 Å². The van der Waals surface area contributed by atoms with E-state index in [1.165, 1.54) is 0 Å². The summed E-state index contributed by atoms with van der Waals surface area (Å²) in [5, 5.41) is 31.0. The minimum Gasteiger partial charge on any atom is -0.458 e. The number of rotatable bonds is 11. The third-order valence-electron chi connectivity index (χ3n) is 7.22. The number of aliphatic hydroxyl groups is 3. The van der Waals surface area contributed by atoms with Crippen molar-refractivity contribution in [1.82, 2.24) is 0 Å². The Morgan fingerprint density at radius 3 is 2.49 bits per heavy atom. The summed E-state index contributed by atoms with van der Waals surface area (Å²) in [5.41, 5.74) is 0.426. The molecule has 0 aliphatic carbocycles. The van der Waals surface area contributed by atoms with E-state index >= 15 is 0 Å². The van der Waals surface area contributed by atoms with E-state index in [0.29, 0.717) is 42.1 Å². The van der Waals surface area contributed by atoms with Crippen LogP contribution >= 0.6 is 15.9 Å². The smallest absolute Gasteiger partial charge is 0.338 e. The summed E-state index contributed by atoms with van der Waals surface area (Å²) < 4.78 is 24.2. The molecular formula is C27H35BrO9. The quantitative estimate of drug-likeness (QED) is 0.336. The molecule has 9 atom stereocenters. The first-order chi connectivity index (χ1) is 17.8. The van der Waals surface area contributed by atoms with Crippen LogP contribution in [-0.4, -0.2) is 88.6 Å². The van der Waals surface area contributed by atoms with Crippen molar-refractivity contribution in [3.8, 4) is 0 Å². The fourth-order valence-electron chi connectivity index (χ4n) is 5.34. The summed E-state index contributed by atoms with van der Waals surface area (Å²) in [4.78, 5) is 25.3. The second-order valence-corrected chi connectivity index (χ2v) is 11.1. The van der Waals surface area contributed by atoms with Gasteiger partial charge in [-0.05, 0) is 42.3 Å². The molecule has 0 aromatic heterocycles. The van der Waals surface area contributed by atoms with E-state index in [1.54, 1.807) is 24.3 Å². The van der Waals surface area contributed by atoms with Gasteiger partial charge >= 0.3 is 5.97 Å². The topological polar surface area (TPSA) is 132 Å². The molecule has 0 bridgehead atoms. The van der Waals surface area contributed by atoms with Gasteiger partial charge in [-0.15, -0.1) is 0 Å². The van der Waals surface area contributed by atoms with Crippen LogP contribution in [0.3, 0.4) is 0 Å². The van der Waals surface area contributed by atoms with Gasteiger partial charge in [-0.2, -0.15) is 0 Å². The first kappa shape index (κ1) is 28.4. The standard InChI is InChI=1S/C27H35BrO9/c1-15(28)13-19(35-27(33)16-5-3-2-4-6-16)8-7-17(30)14-21-22(31)25-26(37-21)23(32)24-20(36-25)10-9-18(34-24)11-12-29/h2-6,18-26,29,31-32H,1,7-14H2/t18-,19-,20?,21-,22+,23+,24+,25+,26+/m1/s1. The van der Waals surface area contributed by atoms with Crippen molar-refractivity contribution >= 4 is 27.7 Å². The number of ether oxygens (including phenoxy) is 4. The first-order valence-corrected chi connectivity index (χ1v) is 13.6. The number of halogens is 1. The van der Waals surface area contributed by atoms with Crippen molar-refractivity contribution < 1.29 is 43.9 Å². The lowest BCUT2D eigenvalue weighted by Gasteiger charge is -2.46. The van der Waals surface area contributed by atoms with Gasteiger partial charge in [-0.25, -0.2) is 4.79 Å². The third kappa shape index (κ3) is 7.06. The lowest BCUT2D eigenvalue weighted by molar-refractivity contribution is -0.260. The molecule has 1 aromatic rings. The van der Waals surface area contributed by atoms with E-state index in [4.69, 9.17) is 18.9 Å². The third-order valence-corrected chi connectivity index (χ3v) is 7.55. The zero-order chi connectivity index (χ0) is 26.5. The van der Waals surface area contributed by atoms with Gasteiger partial charge in [0.2, 0.25) is 0 Å². The molecule has 3 N–H and O–H groups in total. The summed E-state index contributed by atoms with van der Waals surface area (Å²) in [6, 6.07) is 8.63. The monoisotopic (exact) mass is 582 g/mol. The maximum absolute atomic E-state index is 12.8. The number of carbonyl (C=O) groups excluding carboxylic acids is 2. The summed E-state index contributed by atoms with van der Waals surface area (Å²) in [7, 11) is 0. The average molecular weight is 583 g/mol. The minimum atomic E-state index is -1.06. The maximum atomic E-state index is 12.8. The number of fused-ring (bicyclic) bond motifs is 2. The molecule has 0 saturated carbocycles. The van der Waals surface area contributed by atoms with Gasteiger partial charge in [0.1, 0.15) is 42.4 Å². The largest absolute Gasteiger partial charge is 0.458 e. The molecule has 0 spiro atoms. The molecule has 37 heavy (non-hydrogen) atoms. The number of aliphatic hydroxyl groups excluding tert-OH is 3. The highest BCUT2D eigenvalue weighted by Crippen LogP contribution is 2.40. The Bertz CT molecular complexity index is 941. The molecule has 0 amide bonds. The van der Waals surface area contributed by atoms with Gasteiger partial charge in [0.05, 0.1) is 23.9 Å². The molecule has 10 heteroatoms. The maximum Gasteiger partial charge on any atom is 0.338 e. The van der Waals surface area contributed by atoms with Crippen LogP contribution in [-0.2, 0) is 23.7 Å². The number of hydrogen-bond acceptors (Lipinski definition) is 9. The highest BCUT2D eigenvalue weighted by Gasteiger charge is 2.56. The van der Waals surface area contributed by atoms with Gasteiger partial charge in [-0.3, -0.25) is 4.79 Å². The van der Waals surface area contributed by atoms with Crippen molar-refractivity contribution in [3.05, 3.63) is 47.0 Å². The second kappa shape index (κ2) is 12.9. The van der Waals surface area contributed by atoms with E-state index in [0.717, 1.165) is 0 Å². The van der Waals surface area contributed by atoms with Crippen molar-refractivity contribution in [1.29, 1.82) is 0 Å². The Kier molecular flexibility index (Phi) is 9.90. The SMILES string of the molecule is C=C(Br)C[C@@H](CCC(=O)C[C@H]1O[C@H]2[C@@H](O)[C@H]3O[C@@H](CCO)CCC3O[C@H]2[C@H]1O)OC(=O)c1ccccc1. The summed E-state index contributed by atoms with van der Waals surface area (Å²) in [5.74, 6) is -0.628. The summed E-state index contributed by atoms with van der Waals surface area (Å²) in [6.07, 6.45) is -3.59. The second-order valence-electron chi connectivity index (χ2n) is 9.97. The molecular weight excluding hydrogens is 548 g/mol. The zero-order valence-electron chi connectivity index (χ0n) is 20.6. The fraction of sp³-hybridized carbons (Fsp3) is 0.630. The number of benzene rings is 1. The predicted octanol–water partition coefficient (Wildman–Crippen LogP) is 2.44. The molecule has 3 fully saturated rings. The molecule has 3 aliphatic heterocycles. The Labute approximate surface area is 224 Å². The Hall–Kier alpha value is -1.66. The summed E-state index contributed by atoms with van der Waals surface area (Å²) >= 11 is 3.30. The Morgan fingerprint density at radius 1 is 1.05 bits per heavy atom. The van der Waals surface area contributed by atoms with Crippen molar-refractivity contribution in [3.63, 3.8) is 0 Å². The molecule has 4 rings (SSSR count). The number of hydrogen-bond donors (Lipinski definition) is 3. The van der Waals surface area contributed by atoms with E-state index in [9.17, 15) is 24.9 Å². The lowest BCUT2D eigenvalue weighted by Crippen LogP contribution is -2.61. The average Bonchev–Trinajstić information content (AvgIpc) is 3.18. The Balaban J connectivity index is 1.30. The van der Waals surface area contributed by atoms with Crippen LogP contribution in [0, 0.1) is 0 Å².